The van der Waals surface area contributed by atoms with Gasteiger partial charge < -0.3 is 19.4 Å². The summed E-state index contributed by atoms with van der Waals surface area (Å²) in [6.07, 6.45) is 5.34. The van der Waals surface area contributed by atoms with Crippen LogP contribution in [0.3, 0.4) is 0 Å². The molecule has 1 saturated heterocycles. The predicted octanol–water partition coefficient (Wildman–Crippen LogP) is 2.92. The monoisotopic (exact) mass is 680 g/mol. The molecule has 1 aliphatic heterocycles. The summed E-state index contributed by atoms with van der Waals surface area (Å²) in [6.45, 7) is 0.522. The third-order valence-corrected chi connectivity index (χ3v) is 7.42. The molecule has 0 spiro atoms. The highest BCUT2D eigenvalue weighted by Crippen LogP contribution is 2.32. The number of fused-ring (bicyclic) bond motifs is 1. The summed E-state index contributed by atoms with van der Waals surface area (Å²) in [5.74, 6) is -0.639. The Labute approximate surface area is 254 Å². The number of methoxy groups -OCH3 is 1. The summed E-state index contributed by atoms with van der Waals surface area (Å²) in [5, 5.41) is 14.5. The Bertz CT molecular complexity index is 1710. The Hall–Kier alpha value is -4.62. The lowest BCUT2D eigenvalue weighted by molar-refractivity contribution is -0.127. The molecule has 0 aliphatic carbocycles. The van der Waals surface area contributed by atoms with Gasteiger partial charge in [-0.25, -0.2) is 14.6 Å². The van der Waals surface area contributed by atoms with E-state index in [1.165, 1.54) is 35.4 Å². The van der Waals surface area contributed by atoms with Crippen molar-refractivity contribution in [1.82, 2.24) is 33.2 Å². The number of carbonyl (C=O) groups excluding carboxylic acids is 3. The summed E-state index contributed by atoms with van der Waals surface area (Å²) in [6, 6.07) is 11.7. The third kappa shape index (κ3) is 5.87. The molecule has 214 valence electrons. The number of carbonyl (C=O) groups is 3. The zero-order valence-corrected chi connectivity index (χ0v) is 24.6. The Balaban J connectivity index is 1.35. The first-order valence-electron chi connectivity index (χ1n) is 12.9. The summed E-state index contributed by atoms with van der Waals surface area (Å²) < 4.78 is 14.6. The molecule has 5 rings (SSSR count). The molecule has 0 unspecified atom stereocenters. The standard InChI is InChI=1S/C28H25IN8O5/c1-41-21-13-32-27(37-16-33-22(35-37)14-42-15-23(38)34-29)25-24(21)20(12-31-25)26(39)28(40)36-9-7-18(8-10-36)19(11-30)17-5-3-2-4-6-17/h2-6,12-13,16,31H,7-10,14-15H2,1H3,(H,34,38). The molecule has 2 N–H and O–H groups in total. The number of hydrogen-bond acceptors (Lipinski definition) is 9. The topological polar surface area (TPSA) is 168 Å². The normalized spacial score (nSPS) is 13.1. The minimum absolute atomic E-state index is 0.00721. The highest BCUT2D eigenvalue weighted by Gasteiger charge is 2.30. The first kappa shape index (κ1) is 28.9. The summed E-state index contributed by atoms with van der Waals surface area (Å²) >= 11 is 1.73. The van der Waals surface area contributed by atoms with Crippen LogP contribution in [0, 0.1) is 11.3 Å². The molecule has 4 heterocycles. The molecule has 13 nitrogen and oxygen atoms in total. The molecule has 1 aromatic carbocycles. The number of aromatic amines is 1. The van der Waals surface area contributed by atoms with Crippen molar-refractivity contribution < 1.29 is 23.9 Å². The van der Waals surface area contributed by atoms with Gasteiger partial charge in [0.1, 0.15) is 25.3 Å². The molecule has 14 heteroatoms. The van der Waals surface area contributed by atoms with Gasteiger partial charge in [-0.1, -0.05) is 30.3 Å². The highest BCUT2D eigenvalue weighted by atomic mass is 127. The lowest BCUT2D eigenvalue weighted by atomic mass is 9.93. The number of allylic oxidation sites excluding steroid dienone is 1. The number of pyridine rings is 1. The number of rotatable bonds is 9. The minimum atomic E-state index is -0.686. The van der Waals surface area contributed by atoms with Gasteiger partial charge in [-0.3, -0.25) is 17.9 Å². The number of aromatic nitrogens is 5. The minimum Gasteiger partial charge on any atom is -0.494 e. The fraction of sp³-hybridized carbons (Fsp3) is 0.250. The van der Waals surface area contributed by atoms with Gasteiger partial charge in [-0.05, 0) is 24.0 Å². The quantitative estimate of drug-likeness (QED) is 0.0888. The smallest absolute Gasteiger partial charge is 0.295 e. The molecule has 0 radical (unpaired) electrons. The van der Waals surface area contributed by atoms with Crippen LogP contribution in [0.25, 0.3) is 22.3 Å². The SMILES string of the molecule is COc1cnc(-n2cnc(COCC(=O)NI)n2)c2[nH]cc(C(=O)C(=O)N3CCC(=C(C#N)c4ccccc4)CC3)c12. The van der Waals surface area contributed by atoms with Crippen molar-refractivity contribution in [2.45, 2.75) is 19.4 Å². The number of likely N-dealkylation sites (tertiary alicyclic amines) is 1. The second kappa shape index (κ2) is 12.9. The molecule has 42 heavy (non-hydrogen) atoms. The van der Waals surface area contributed by atoms with Crippen molar-refractivity contribution >= 4 is 56.9 Å². The van der Waals surface area contributed by atoms with E-state index in [9.17, 15) is 19.6 Å². The van der Waals surface area contributed by atoms with Crippen molar-refractivity contribution in [2.24, 2.45) is 0 Å². The van der Waals surface area contributed by atoms with Crippen molar-refractivity contribution in [2.75, 3.05) is 26.8 Å². The van der Waals surface area contributed by atoms with Crippen LogP contribution in [0.1, 0.15) is 34.6 Å². The number of nitrogens with one attached hydrogen (secondary N) is 2. The molecule has 1 aliphatic rings. The maximum absolute atomic E-state index is 13.5. The second-order valence-corrected chi connectivity index (χ2v) is 9.84. The number of amides is 2. The first-order valence-corrected chi connectivity index (χ1v) is 14.0. The van der Waals surface area contributed by atoms with Crippen molar-refractivity contribution in [3.05, 3.63) is 71.6 Å². The zero-order valence-electron chi connectivity index (χ0n) is 22.5. The summed E-state index contributed by atoms with van der Waals surface area (Å²) in [5.41, 5.74) is 3.00. The number of H-pyrrole nitrogens is 1. The molecule has 2 amide bonds. The van der Waals surface area contributed by atoms with Crippen molar-refractivity contribution in [3.63, 3.8) is 0 Å². The van der Waals surface area contributed by atoms with Gasteiger partial charge in [0, 0.05) is 19.3 Å². The lowest BCUT2D eigenvalue weighted by Gasteiger charge is -2.28. The molecule has 0 bridgehead atoms. The van der Waals surface area contributed by atoms with Crippen molar-refractivity contribution in [3.8, 4) is 17.6 Å². The largest absolute Gasteiger partial charge is 0.494 e. The maximum Gasteiger partial charge on any atom is 0.295 e. The summed E-state index contributed by atoms with van der Waals surface area (Å²) in [4.78, 5) is 51.4. The average molecular weight is 680 g/mol. The Kier molecular flexibility index (Phi) is 8.88. The second-order valence-electron chi connectivity index (χ2n) is 9.30. The van der Waals surface area contributed by atoms with Gasteiger partial charge >= 0.3 is 0 Å². The third-order valence-electron chi connectivity index (χ3n) is 6.82. The van der Waals surface area contributed by atoms with Crippen LogP contribution in [0.5, 0.6) is 5.75 Å². The van der Waals surface area contributed by atoms with E-state index in [4.69, 9.17) is 9.47 Å². The molecule has 4 aromatic rings. The van der Waals surface area contributed by atoms with Gasteiger partial charge in [0.05, 0.1) is 64.3 Å². The van der Waals surface area contributed by atoms with Crippen molar-refractivity contribution in [1.29, 1.82) is 5.26 Å². The average Bonchev–Trinajstić information content (AvgIpc) is 3.69. The van der Waals surface area contributed by atoms with Gasteiger partial charge in [-0.2, -0.15) is 5.26 Å². The summed E-state index contributed by atoms with van der Waals surface area (Å²) in [7, 11) is 1.45. The number of halogens is 1. The van der Waals surface area contributed by atoms with E-state index in [1.54, 1.807) is 22.9 Å². The van der Waals surface area contributed by atoms with E-state index in [2.05, 4.69) is 29.7 Å². The fourth-order valence-corrected chi connectivity index (χ4v) is 4.94. The Morgan fingerprint density at radius 2 is 1.93 bits per heavy atom. The molecular formula is C28H25IN8O5. The van der Waals surface area contributed by atoms with Crippen LogP contribution >= 0.6 is 22.9 Å². The van der Waals surface area contributed by atoms with Gasteiger partial charge in [-0.15, -0.1) is 5.10 Å². The fourth-order valence-electron chi connectivity index (χ4n) is 4.78. The van der Waals surface area contributed by atoms with E-state index in [0.717, 1.165) is 11.1 Å². The van der Waals surface area contributed by atoms with Crippen LogP contribution in [-0.4, -0.2) is 74.0 Å². The van der Waals surface area contributed by atoms with E-state index in [1.807, 2.05) is 30.3 Å². The first-order chi connectivity index (χ1) is 20.4. The number of hydrogen-bond donors (Lipinski definition) is 2. The number of piperidine rings is 1. The van der Waals surface area contributed by atoms with Crippen LogP contribution in [-0.2, 0) is 20.9 Å². The maximum atomic E-state index is 13.5. The molecule has 1 fully saturated rings. The van der Waals surface area contributed by atoms with Crippen LogP contribution in [0.15, 0.2) is 54.6 Å². The van der Waals surface area contributed by atoms with Gasteiger partial charge in [0.15, 0.2) is 11.6 Å². The number of nitrogens with zero attached hydrogens (tertiary/aromatic N) is 6. The number of nitriles is 1. The number of ketones is 1. The van der Waals surface area contributed by atoms with Gasteiger partial charge in [0.25, 0.3) is 17.6 Å². The number of ether oxygens (including phenoxy) is 2. The van der Waals surface area contributed by atoms with Gasteiger partial charge in [0.2, 0.25) is 0 Å². The predicted molar refractivity (Wildman–Crippen MR) is 159 cm³/mol. The Morgan fingerprint density at radius 3 is 2.62 bits per heavy atom. The molecule has 0 saturated carbocycles. The van der Waals surface area contributed by atoms with Crippen LogP contribution < -0.4 is 8.27 Å². The van der Waals surface area contributed by atoms with E-state index in [0.29, 0.717) is 59.8 Å². The zero-order chi connectivity index (χ0) is 29.6. The van der Waals surface area contributed by atoms with E-state index >= 15 is 0 Å². The number of Topliss-reactive ketones (excluding diaryl/α,β-unsaturated/α-hetero) is 1. The Morgan fingerprint density at radius 1 is 1.17 bits per heavy atom. The van der Waals surface area contributed by atoms with Crippen LogP contribution in [0.2, 0.25) is 0 Å². The lowest BCUT2D eigenvalue weighted by Crippen LogP contribution is -2.40. The van der Waals surface area contributed by atoms with Crippen LogP contribution in [0.4, 0.5) is 0 Å². The van der Waals surface area contributed by atoms with E-state index < -0.39 is 11.7 Å². The molecular weight excluding hydrogens is 655 g/mol. The molecule has 0 atom stereocenters. The highest BCUT2D eigenvalue weighted by molar-refractivity contribution is 14.1. The number of benzene rings is 1. The van der Waals surface area contributed by atoms with E-state index in [-0.39, 0.29) is 24.7 Å². The molecule has 3 aromatic heterocycles.